The molecule has 0 unspecified atom stereocenters. The summed E-state index contributed by atoms with van der Waals surface area (Å²) in [5.41, 5.74) is 7.74. The van der Waals surface area contributed by atoms with Gasteiger partial charge in [0.25, 0.3) is 11.5 Å². The molecule has 36 heavy (non-hydrogen) atoms. The van der Waals surface area contributed by atoms with E-state index in [-0.39, 0.29) is 11.6 Å². The molecule has 0 radical (unpaired) electrons. The van der Waals surface area contributed by atoms with Gasteiger partial charge >= 0.3 is 0 Å². The summed E-state index contributed by atoms with van der Waals surface area (Å²) < 4.78 is 4.20. The third-order valence-corrected chi connectivity index (χ3v) is 6.63. The van der Waals surface area contributed by atoms with Crippen molar-refractivity contribution in [1.29, 1.82) is 0 Å². The van der Waals surface area contributed by atoms with Crippen molar-refractivity contribution in [2.75, 3.05) is 0 Å². The van der Waals surface area contributed by atoms with Crippen LogP contribution >= 0.6 is 0 Å². The molecule has 182 valence electrons. The van der Waals surface area contributed by atoms with Gasteiger partial charge in [-0.15, -0.1) is 0 Å². The first-order valence-corrected chi connectivity index (χ1v) is 11.8. The van der Waals surface area contributed by atoms with Gasteiger partial charge in [0.2, 0.25) is 5.91 Å². The predicted octanol–water partition coefficient (Wildman–Crippen LogP) is 4.57. The molecule has 2 N–H and O–H groups in total. The summed E-state index contributed by atoms with van der Waals surface area (Å²) in [6, 6.07) is 26.0. The summed E-state index contributed by atoms with van der Waals surface area (Å²) in [6.45, 7) is 3.23. The molecule has 0 bridgehead atoms. The summed E-state index contributed by atoms with van der Waals surface area (Å²) in [7, 11) is 0. The number of carbonyl (C=O) groups excluding carboxylic acids is 1. The minimum Gasteiger partial charge on any atom is -0.369 e. The average molecular weight is 482 g/mol. The number of non-ortho nitro benzene ring substituents is 1. The van der Waals surface area contributed by atoms with Gasteiger partial charge in [0.15, 0.2) is 0 Å². The van der Waals surface area contributed by atoms with Crippen LogP contribution in [0.5, 0.6) is 0 Å². The lowest BCUT2D eigenvalue weighted by Crippen LogP contribution is -2.43. The van der Waals surface area contributed by atoms with Crippen LogP contribution in [0.3, 0.4) is 0 Å². The van der Waals surface area contributed by atoms with Crippen LogP contribution in [0.2, 0.25) is 0 Å². The molecular formula is C29H29N4O3+. The van der Waals surface area contributed by atoms with Crippen LogP contribution in [0, 0.1) is 17.0 Å². The maximum atomic E-state index is 13.0. The van der Waals surface area contributed by atoms with E-state index >= 15 is 0 Å². The number of carbonyl (C=O) groups is 1. The van der Waals surface area contributed by atoms with Gasteiger partial charge in [-0.25, -0.2) is 9.13 Å². The summed E-state index contributed by atoms with van der Waals surface area (Å²) in [4.78, 5) is 23.6. The number of hydrogen-bond donors (Lipinski definition) is 1. The number of rotatable bonds is 10. The molecule has 0 aliphatic heterocycles. The number of allylic oxidation sites excluding steroid dienone is 1. The van der Waals surface area contributed by atoms with Crippen LogP contribution in [0.4, 0.5) is 5.69 Å². The lowest BCUT2D eigenvalue weighted by molar-refractivity contribution is -0.692. The summed E-state index contributed by atoms with van der Waals surface area (Å²) in [5, 5.41) is 11.0. The van der Waals surface area contributed by atoms with E-state index in [1.165, 1.54) is 6.07 Å². The normalized spacial score (nSPS) is 11.6. The molecular weight excluding hydrogens is 452 g/mol. The van der Waals surface area contributed by atoms with Crippen LogP contribution in [-0.2, 0) is 23.3 Å². The monoisotopic (exact) mass is 481 g/mol. The van der Waals surface area contributed by atoms with Gasteiger partial charge in [-0.3, -0.25) is 14.9 Å². The topological polar surface area (TPSA) is 95.0 Å². The zero-order valence-corrected chi connectivity index (χ0v) is 20.2. The quantitative estimate of drug-likeness (QED) is 0.204. The molecule has 0 saturated carbocycles. The van der Waals surface area contributed by atoms with Crippen molar-refractivity contribution in [2.24, 2.45) is 5.73 Å². The van der Waals surface area contributed by atoms with Gasteiger partial charge in [0.05, 0.1) is 11.5 Å². The van der Waals surface area contributed by atoms with Gasteiger partial charge in [0, 0.05) is 25.5 Å². The van der Waals surface area contributed by atoms with Crippen molar-refractivity contribution in [3.63, 3.8) is 0 Å². The van der Waals surface area contributed by atoms with E-state index in [1.807, 2.05) is 98.2 Å². The number of nitro groups is 1. The second-order valence-corrected chi connectivity index (χ2v) is 8.70. The van der Waals surface area contributed by atoms with Crippen molar-refractivity contribution in [3.8, 4) is 0 Å². The number of amides is 1. The Morgan fingerprint density at radius 1 is 1.03 bits per heavy atom. The van der Waals surface area contributed by atoms with E-state index in [0.717, 1.165) is 22.5 Å². The van der Waals surface area contributed by atoms with E-state index < -0.39 is 10.3 Å². The van der Waals surface area contributed by atoms with E-state index in [9.17, 15) is 14.9 Å². The van der Waals surface area contributed by atoms with E-state index in [4.69, 9.17) is 5.73 Å². The molecule has 1 heterocycles. The number of aryl methyl sites for hydroxylation is 1. The van der Waals surface area contributed by atoms with Crippen molar-refractivity contribution in [2.45, 2.75) is 31.8 Å². The van der Waals surface area contributed by atoms with Gasteiger partial charge in [0.1, 0.15) is 24.4 Å². The molecule has 1 amide bonds. The number of nitrogens with zero attached hydrogens (tertiary/aromatic N) is 3. The third kappa shape index (κ3) is 5.10. The molecule has 7 nitrogen and oxygen atoms in total. The summed E-state index contributed by atoms with van der Waals surface area (Å²) >= 11 is 0. The largest absolute Gasteiger partial charge is 0.369 e. The first kappa shape index (κ1) is 24.6. The molecule has 3 aromatic carbocycles. The minimum atomic E-state index is -0.952. The first-order chi connectivity index (χ1) is 17.4. The number of nitro benzene ring substituents is 1. The number of benzene rings is 3. The molecule has 4 aromatic rings. The Balaban J connectivity index is 1.55. The van der Waals surface area contributed by atoms with Gasteiger partial charge in [-0.05, 0) is 22.8 Å². The Labute approximate surface area is 210 Å². The lowest BCUT2D eigenvalue weighted by atomic mass is 9.71. The summed E-state index contributed by atoms with van der Waals surface area (Å²) in [5.74, 6) is 0.649. The van der Waals surface area contributed by atoms with Gasteiger partial charge in [-0.1, -0.05) is 78.9 Å². The molecule has 0 aliphatic carbocycles. The Morgan fingerprint density at radius 3 is 2.25 bits per heavy atom. The van der Waals surface area contributed by atoms with Crippen LogP contribution in [0.15, 0.2) is 103 Å². The van der Waals surface area contributed by atoms with E-state index in [2.05, 4.69) is 9.13 Å². The molecule has 0 spiro atoms. The smallest absolute Gasteiger partial charge is 0.270 e. The molecule has 7 heteroatoms. The lowest BCUT2D eigenvalue weighted by Gasteiger charge is -2.31. The highest BCUT2D eigenvalue weighted by Gasteiger charge is 2.40. The maximum Gasteiger partial charge on any atom is 0.270 e. The fourth-order valence-corrected chi connectivity index (χ4v) is 4.61. The number of nitrogens with two attached hydrogens (primary N) is 1. The highest BCUT2D eigenvalue weighted by molar-refractivity contribution is 5.90. The zero-order chi connectivity index (χ0) is 25.5. The van der Waals surface area contributed by atoms with Crippen LogP contribution < -0.4 is 10.3 Å². The van der Waals surface area contributed by atoms with Crippen molar-refractivity contribution in [1.82, 2.24) is 4.57 Å². The van der Waals surface area contributed by atoms with Gasteiger partial charge < -0.3 is 5.73 Å². The van der Waals surface area contributed by atoms with Crippen molar-refractivity contribution < 1.29 is 14.3 Å². The molecule has 0 aliphatic rings. The van der Waals surface area contributed by atoms with Crippen LogP contribution in [0.1, 0.15) is 28.9 Å². The molecule has 4 rings (SSSR count). The Morgan fingerprint density at radius 2 is 1.67 bits per heavy atom. The molecule has 0 atom stereocenters. The van der Waals surface area contributed by atoms with E-state index in [0.29, 0.717) is 19.5 Å². The number of primary amides is 1. The second kappa shape index (κ2) is 10.8. The molecule has 1 aromatic heterocycles. The number of aromatic nitrogens is 2. The minimum absolute atomic E-state index is 0.0712. The van der Waals surface area contributed by atoms with Crippen molar-refractivity contribution in [3.05, 3.63) is 136 Å². The molecule has 0 fully saturated rings. The van der Waals surface area contributed by atoms with Crippen molar-refractivity contribution >= 4 is 17.7 Å². The highest BCUT2D eigenvalue weighted by atomic mass is 16.6. The Kier molecular flexibility index (Phi) is 7.39. The van der Waals surface area contributed by atoms with E-state index in [1.54, 1.807) is 12.1 Å². The summed E-state index contributed by atoms with van der Waals surface area (Å²) in [6.07, 6.45) is 8.34. The fraction of sp³-hybridized carbons (Fsp3) is 0.172. The number of imidazole rings is 1. The Hall–Kier alpha value is -4.52. The average Bonchev–Trinajstić information content (AvgIpc) is 3.25. The zero-order valence-electron chi connectivity index (χ0n) is 20.2. The Bertz CT molecular complexity index is 1340. The number of hydrogen-bond acceptors (Lipinski definition) is 3. The fourth-order valence-electron chi connectivity index (χ4n) is 4.61. The standard InChI is InChI=1S/C29H28N4O3/c1-23-31(18-9-11-24-10-8-16-27(22-24)33(35)36)20-21-32(23)19-17-29(28(30)34,25-12-4-2-5-13-25)26-14-6-3-7-15-26/h2-16,20-22H,17-19H2,1H3,(H-,30,34)/p+1/b11-9+. The second-order valence-electron chi connectivity index (χ2n) is 8.70. The third-order valence-electron chi connectivity index (χ3n) is 6.63. The highest BCUT2D eigenvalue weighted by Crippen LogP contribution is 2.36. The predicted molar refractivity (Wildman–Crippen MR) is 139 cm³/mol. The SMILES string of the molecule is Cc1n(CCC(C(N)=O)(c2ccccc2)c2ccccc2)cc[n+]1C/C=C/c1cccc([N+](=O)[O-])c1. The molecule has 0 saturated heterocycles. The van der Waals surface area contributed by atoms with Crippen LogP contribution in [-0.4, -0.2) is 15.4 Å². The maximum absolute atomic E-state index is 13.0. The first-order valence-electron chi connectivity index (χ1n) is 11.8. The van der Waals surface area contributed by atoms with Crippen LogP contribution in [0.25, 0.3) is 6.08 Å². The van der Waals surface area contributed by atoms with Gasteiger partial charge in [-0.2, -0.15) is 0 Å².